The molecule has 4 N–H and O–H groups in total. The number of aromatic nitrogens is 2. The minimum atomic E-state index is -0.555. The first-order valence-corrected chi connectivity index (χ1v) is 9.03. The standard InChI is InChI=1S/C21H21N3O3/c22-21(27)18-11-16(14-4-2-1-3-5-14)15-7-6-13(10-17(15)23-18)12-24-19(25)8-9-20(24)26/h4,6-11,25-26H,1-3,5,12H2,(H2,22,27). The van der Waals surface area contributed by atoms with Crippen molar-refractivity contribution in [3.8, 4) is 11.8 Å². The van der Waals surface area contributed by atoms with Gasteiger partial charge in [-0.05, 0) is 54.5 Å². The van der Waals surface area contributed by atoms with Crippen LogP contribution in [0.3, 0.4) is 0 Å². The zero-order valence-electron chi connectivity index (χ0n) is 14.9. The fourth-order valence-corrected chi connectivity index (χ4v) is 3.64. The van der Waals surface area contributed by atoms with Crippen molar-refractivity contribution in [1.82, 2.24) is 9.55 Å². The van der Waals surface area contributed by atoms with Gasteiger partial charge in [-0.15, -0.1) is 0 Å². The Morgan fingerprint density at radius 1 is 1.11 bits per heavy atom. The van der Waals surface area contributed by atoms with Crippen LogP contribution in [0, 0.1) is 0 Å². The van der Waals surface area contributed by atoms with E-state index >= 15 is 0 Å². The van der Waals surface area contributed by atoms with Crippen molar-refractivity contribution < 1.29 is 15.0 Å². The minimum absolute atomic E-state index is 0.0144. The molecule has 1 amide bonds. The summed E-state index contributed by atoms with van der Waals surface area (Å²) >= 11 is 0. The van der Waals surface area contributed by atoms with Crippen molar-refractivity contribution in [2.75, 3.05) is 0 Å². The summed E-state index contributed by atoms with van der Waals surface area (Å²) in [6.07, 6.45) is 6.56. The molecule has 0 saturated heterocycles. The van der Waals surface area contributed by atoms with Crippen LogP contribution in [0.5, 0.6) is 11.8 Å². The number of carbonyl (C=O) groups excluding carboxylic acids is 1. The molecule has 2 aromatic heterocycles. The van der Waals surface area contributed by atoms with Crippen LogP contribution < -0.4 is 5.73 Å². The van der Waals surface area contributed by atoms with Gasteiger partial charge in [0.2, 0.25) is 0 Å². The predicted molar refractivity (Wildman–Crippen MR) is 104 cm³/mol. The lowest BCUT2D eigenvalue weighted by Crippen LogP contribution is -2.14. The van der Waals surface area contributed by atoms with E-state index in [4.69, 9.17) is 5.73 Å². The summed E-state index contributed by atoms with van der Waals surface area (Å²) in [4.78, 5) is 16.2. The van der Waals surface area contributed by atoms with Crippen LogP contribution in [-0.4, -0.2) is 25.7 Å². The third-order valence-corrected chi connectivity index (χ3v) is 5.04. The molecule has 0 bridgehead atoms. The highest BCUT2D eigenvalue weighted by Gasteiger charge is 2.15. The van der Waals surface area contributed by atoms with Crippen molar-refractivity contribution >= 4 is 22.4 Å². The first-order chi connectivity index (χ1) is 13.0. The molecular formula is C21H21N3O3. The number of fused-ring (bicyclic) bond motifs is 1. The molecular weight excluding hydrogens is 342 g/mol. The molecule has 0 spiro atoms. The molecule has 2 heterocycles. The van der Waals surface area contributed by atoms with Crippen LogP contribution in [0.2, 0.25) is 0 Å². The highest BCUT2D eigenvalue weighted by molar-refractivity contribution is 5.99. The number of nitrogens with two attached hydrogens (primary N) is 1. The first-order valence-electron chi connectivity index (χ1n) is 9.03. The van der Waals surface area contributed by atoms with Crippen LogP contribution >= 0.6 is 0 Å². The van der Waals surface area contributed by atoms with E-state index in [0.29, 0.717) is 12.1 Å². The molecule has 6 nitrogen and oxygen atoms in total. The smallest absolute Gasteiger partial charge is 0.267 e. The van der Waals surface area contributed by atoms with Crippen LogP contribution in [0.1, 0.15) is 47.3 Å². The van der Waals surface area contributed by atoms with Gasteiger partial charge in [-0.1, -0.05) is 18.2 Å². The van der Waals surface area contributed by atoms with Crippen LogP contribution in [0.25, 0.3) is 16.5 Å². The normalized spacial score (nSPS) is 14.3. The van der Waals surface area contributed by atoms with Gasteiger partial charge < -0.3 is 15.9 Å². The summed E-state index contributed by atoms with van der Waals surface area (Å²) in [5, 5.41) is 20.7. The Kier molecular flexibility index (Phi) is 4.32. The molecule has 1 aliphatic rings. The maximum atomic E-state index is 11.8. The highest BCUT2D eigenvalue weighted by atomic mass is 16.3. The molecule has 3 aromatic rings. The molecule has 4 rings (SSSR count). The Bertz CT molecular complexity index is 1050. The molecule has 0 radical (unpaired) electrons. The second kappa shape index (κ2) is 6.79. The molecule has 1 aromatic carbocycles. The second-order valence-electron chi connectivity index (χ2n) is 6.88. The maximum Gasteiger partial charge on any atom is 0.267 e. The predicted octanol–water partition coefficient (Wildman–Crippen LogP) is 3.55. The summed E-state index contributed by atoms with van der Waals surface area (Å²) in [6, 6.07) is 10.4. The summed E-state index contributed by atoms with van der Waals surface area (Å²) in [7, 11) is 0. The van der Waals surface area contributed by atoms with Crippen molar-refractivity contribution in [1.29, 1.82) is 0 Å². The largest absolute Gasteiger partial charge is 0.494 e. The van der Waals surface area contributed by atoms with Gasteiger partial charge in [-0.2, -0.15) is 0 Å². The van der Waals surface area contributed by atoms with Gasteiger partial charge in [0.25, 0.3) is 5.91 Å². The number of amides is 1. The third-order valence-electron chi connectivity index (χ3n) is 5.04. The third kappa shape index (κ3) is 3.26. The number of aromatic hydroxyl groups is 2. The van der Waals surface area contributed by atoms with Crippen molar-refractivity contribution in [3.05, 3.63) is 59.3 Å². The van der Waals surface area contributed by atoms with E-state index in [-0.39, 0.29) is 17.5 Å². The van der Waals surface area contributed by atoms with Crippen molar-refractivity contribution in [3.63, 3.8) is 0 Å². The molecule has 6 heteroatoms. The summed E-state index contributed by atoms with van der Waals surface area (Å²) in [5.41, 5.74) is 9.50. The van der Waals surface area contributed by atoms with Crippen LogP contribution in [0.15, 0.2) is 42.5 Å². The number of rotatable bonds is 4. The number of hydrogen-bond donors (Lipinski definition) is 3. The molecule has 138 valence electrons. The van der Waals surface area contributed by atoms with Gasteiger partial charge in [-0.3, -0.25) is 9.36 Å². The van der Waals surface area contributed by atoms with E-state index in [1.165, 1.54) is 28.7 Å². The molecule has 0 fully saturated rings. The van der Waals surface area contributed by atoms with Gasteiger partial charge in [-0.25, -0.2) is 4.98 Å². The number of benzene rings is 1. The van der Waals surface area contributed by atoms with Gasteiger partial charge in [0.15, 0.2) is 11.8 Å². The molecule has 0 aliphatic heterocycles. The van der Waals surface area contributed by atoms with Gasteiger partial charge in [0.05, 0.1) is 12.1 Å². The number of carbonyl (C=O) groups is 1. The van der Waals surface area contributed by atoms with E-state index in [2.05, 4.69) is 11.1 Å². The van der Waals surface area contributed by atoms with E-state index < -0.39 is 5.91 Å². The topological polar surface area (TPSA) is 101 Å². The van der Waals surface area contributed by atoms with Crippen LogP contribution in [-0.2, 0) is 6.54 Å². The Hall–Kier alpha value is -3.28. The quantitative estimate of drug-likeness (QED) is 0.660. The number of nitrogens with zero attached hydrogens (tertiary/aromatic N) is 2. The summed E-state index contributed by atoms with van der Waals surface area (Å²) in [5.74, 6) is -0.584. The Morgan fingerprint density at radius 2 is 1.89 bits per heavy atom. The van der Waals surface area contributed by atoms with Crippen molar-refractivity contribution in [2.24, 2.45) is 5.73 Å². The molecule has 0 unspecified atom stereocenters. The highest BCUT2D eigenvalue weighted by Crippen LogP contribution is 2.33. The lowest BCUT2D eigenvalue weighted by atomic mass is 9.91. The number of hydrogen-bond acceptors (Lipinski definition) is 4. The Morgan fingerprint density at radius 3 is 2.56 bits per heavy atom. The number of pyridine rings is 1. The summed E-state index contributed by atoms with van der Waals surface area (Å²) in [6.45, 7) is 0.293. The molecule has 27 heavy (non-hydrogen) atoms. The molecule has 1 aliphatic carbocycles. The lowest BCUT2D eigenvalue weighted by Gasteiger charge is -2.16. The van der Waals surface area contributed by atoms with Gasteiger partial charge >= 0.3 is 0 Å². The monoisotopic (exact) mass is 363 g/mol. The van der Waals surface area contributed by atoms with Crippen LogP contribution in [0.4, 0.5) is 0 Å². The average Bonchev–Trinajstić information content (AvgIpc) is 2.99. The number of allylic oxidation sites excluding steroid dienone is 2. The van der Waals surface area contributed by atoms with Crippen molar-refractivity contribution in [2.45, 2.75) is 32.2 Å². The first kappa shape index (κ1) is 17.1. The van der Waals surface area contributed by atoms with Gasteiger partial charge in [0.1, 0.15) is 5.69 Å². The average molecular weight is 363 g/mol. The molecule has 0 saturated carbocycles. The zero-order chi connectivity index (χ0) is 19.0. The van der Waals surface area contributed by atoms with E-state index in [1.807, 2.05) is 18.2 Å². The zero-order valence-corrected chi connectivity index (χ0v) is 14.9. The fourth-order valence-electron chi connectivity index (χ4n) is 3.64. The van der Waals surface area contributed by atoms with Gasteiger partial charge in [0, 0.05) is 17.5 Å². The summed E-state index contributed by atoms with van der Waals surface area (Å²) < 4.78 is 1.39. The Balaban J connectivity index is 1.82. The van der Waals surface area contributed by atoms with E-state index in [0.717, 1.165) is 35.8 Å². The SMILES string of the molecule is NC(=O)c1cc(C2=CCCCC2)c2ccc(Cn3c(O)ccc3O)cc2n1. The van der Waals surface area contributed by atoms with E-state index in [1.54, 1.807) is 6.07 Å². The minimum Gasteiger partial charge on any atom is -0.494 e. The number of primary amides is 1. The second-order valence-corrected chi connectivity index (χ2v) is 6.88. The fraction of sp³-hybridized carbons (Fsp3) is 0.238. The lowest BCUT2D eigenvalue weighted by molar-refractivity contribution is 0.0996. The van der Waals surface area contributed by atoms with E-state index in [9.17, 15) is 15.0 Å². The molecule has 0 atom stereocenters. The Labute approximate surface area is 156 Å². The maximum absolute atomic E-state index is 11.8.